The van der Waals surface area contributed by atoms with Gasteiger partial charge in [0.25, 0.3) is 0 Å². The fourth-order valence-corrected chi connectivity index (χ4v) is 3.42. The predicted molar refractivity (Wildman–Crippen MR) is 123 cm³/mol. The molecule has 2 heterocycles. The van der Waals surface area contributed by atoms with Crippen LogP contribution in [0.4, 0.5) is 0 Å². The summed E-state index contributed by atoms with van der Waals surface area (Å²) >= 11 is 0. The average Bonchev–Trinajstić information content (AvgIpc) is 3.22. The van der Waals surface area contributed by atoms with E-state index in [1.807, 2.05) is 6.92 Å². The molecule has 0 bridgehead atoms. The van der Waals surface area contributed by atoms with Crippen molar-refractivity contribution in [1.29, 1.82) is 0 Å². The summed E-state index contributed by atoms with van der Waals surface area (Å²) in [5, 5.41) is 17.0. The molecule has 1 saturated heterocycles. The highest BCUT2D eigenvalue weighted by atomic mass is 127. The van der Waals surface area contributed by atoms with Gasteiger partial charge in [-0.15, -0.1) is 24.0 Å². The maximum Gasteiger partial charge on any atom is 0.191 e. The number of rotatable bonds is 7. The standard InChI is InChI=1S/C21H30N4O2.HI/c1-2-22-21(23-14-19(26)20-11-7-13-27-20)24-18-10-6-12-25(16-18)15-17-8-4-3-5-9-17;/h3-5,7-9,11,13,18-19,26H,2,6,10,12,14-16H2,1H3,(H2,22,23,24);1H. The van der Waals surface area contributed by atoms with E-state index in [-0.39, 0.29) is 30.5 Å². The SMILES string of the molecule is CCNC(=NCC(O)c1ccco1)NC1CCCN(Cc2ccccc2)C1.I. The molecule has 0 radical (unpaired) electrons. The highest BCUT2D eigenvalue weighted by Crippen LogP contribution is 2.15. The van der Waals surface area contributed by atoms with E-state index in [1.54, 1.807) is 18.4 Å². The number of halogens is 1. The number of piperidine rings is 1. The molecule has 0 amide bonds. The fourth-order valence-electron chi connectivity index (χ4n) is 3.42. The van der Waals surface area contributed by atoms with Crippen molar-refractivity contribution in [3.63, 3.8) is 0 Å². The number of furan rings is 1. The molecule has 2 atom stereocenters. The Morgan fingerprint density at radius 2 is 2.11 bits per heavy atom. The lowest BCUT2D eigenvalue weighted by Crippen LogP contribution is -2.51. The molecule has 0 aliphatic carbocycles. The highest BCUT2D eigenvalue weighted by molar-refractivity contribution is 14.0. The molecule has 1 aliphatic heterocycles. The molecule has 1 aliphatic rings. The Morgan fingerprint density at radius 1 is 1.29 bits per heavy atom. The van der Waals surface area contributed by atoms with Crippen molar-refractivity contribution < 1.29 is 9.52 Å². The smallest absolute Gasteiger partial charge is 0.191 e. The third-order valence-corrected chi connectivity index (χ3v) is 4.73. The summed E-state index contributed by atoms with van der Waals surface area (Å²) in [7, 11) is 0. The molecular weight excluding hydrogens is 467 g/mol. The minimum absolute atomic E-state index is 0. The third-order valence-electron chi connectivity index (χ3n) is 4.73. The summed E-state index contributed by atoms with van der Waals surface area (Å²) in [4.78, 5) is 7.02. The van der Waals surface area contributed by atoms with Gasteiger partial charge in [-0.3, -0.25) is 9.89 Å². The summed E-state index contributed by atoms with van der Waals surface area (Å²) in [6.45, 7) is 6.18. The van der Waals surface area contributed by atoms with Crippen molar-refractivity contribution in [3.8, 4) is 0 Å². The first-order chi connectivity index (χ1) is 13.2. The Morgan fingerprint density at radius 3 is 2.82 bits per heavy atom. The van der Waals surface area contributed by atoms with E-state index in [9.17, 15) is 5.11 Å². The van der Waals surface area contributed by atoms with Crippen molar-refractivity contribution in [2.75, 3.05) is 26.2 Å². The Hall–Kier alpha value is -1.58. The topological polar surface area (TPSA) is 73.0 Å². The second kappa shape index (κ2) is 12.1. The van der Waals surface area contributed by atoms with Crippen LogP contribution in [0.5, 0.6) is 0 Å². The Kier molecular flexibility index (Phi) is 9.80. The second-order valence-corrected chi connectivity index (χ2v) is 6.96. The number of nitrogens with one attached hydrogen (secondary N) is 2. The summed E-state index contributed by atoms with van der Waals surface area (Å²) < 4.78 is 5.24. The van der Waals surface area contributed by atoms with Crippen LogP contribution in [0.3, 0.4) is 0 Å². The molecular formula is C21H31IN4O2. The van der Waals surface area contributed by atoms with Crippen LogP contribution in [-0.2, 0) is 6.54 Å². The number of benzene rings is 1. The van der Waals surface area contributed by atoms with Gasteiger partial charge in [-0.25, -0.2) is 0 Å². The van der Waals surface area contributed by atoms with Crippen molar-refractivity contribution in [1.82, 2.24) is 15.5 Å². The average molecular weight is 498 g/mol. The minimum atomic E-state index is -0.726. The normalized spacial score (nSPS) is 18.9. The quantitative estimate of drug-likeness (QED) is 0.311. The molecule has 1 aromatic carbocycles. The molecule has 154 valence electrons. The largest absolute Gasteiger partial charge is 0.467 e. The van der Waals surface area contributed by atoms with Crippen molar-refractivity contribution in [2.24, 2.45) is 4.99 Å². The summed E-state index contributed by atoms with van der Waals surface area (Å²) in [5.41, 5.74) is 1.35. The molecule has 28 heavy (non-hydrogen) atoms. The van der Waals surface area contributed by atoms with E-state index in [0.717, 1.165) is 38.6 Å². The van der Waals surface area contributed by atoms with Gasteiger partial charge < -0.3 is 20.2 Å². The lowest BCUT2D eigenvalue weighted by atomic mass is 10.0. The fraction of sp³-hybridized carbons (Fsp3) is 0.476. The minimum Gasteiger partial charge on any atom is -0.467 e. The number of aliphatic hydroxyl groups is 1. The Balaban J connectivity index is 0.00000280. The maximum absolute atomic E-state index is 10.2. The van der Waals surface area contributed by atoms with Crippen LogP contribution in [0.1, 0.15) is 37.2 Å². The summed E-state index contributed by atoms with van der Waals surface area (Å²) in [6, 6.07) is 14.5. The molecule has 0 spiro atoms. The number of nitrogens with zero attached hydrogens (tertiary/aromatic N) is 2. The number of likely N-dealkylation sites (tertiary alicyclic amines) is 1. The van der Waals surface area contributed by atoms with Crippen LogP contribution < -0.4 is 10.6 Å². The number of hydrogen-bond acceptors (Lipinski definition) is 4. The highest BCUT2D eigenvalue weighted by Gasteiger charge is 2.21. The Labute approximate surface area is 184 Å². The number of aliphatic imine (C=N–C) groups is 1. The summed E-state index contributed by atoms with van der Waals surface area (Å²) in [5.74, 6) is 1.29. The monoisotopic (exact) mass is 498 g/mol. The third kappa shape index (κ3) is 7.10. The van der Waals surface area contributed by atoms with E-state index < -0.39 is 6.10 Å². The first-order valence-electron chi connectivity index (χ1n) is 9.77. The molecule has 0 saturated carbocycles. The predicted octanol–water partition coefficient (Wildman–Crippen LogP) is 3.15. The van der Waals surface area contributed by atoms with Gasteiger partial charge in [-0.1, -0.05) is 30.3 Å². The van der Waals surface area contributed by atoms with Gasteiger partial charge in [-0.2, -0.15) is 0 Å². The molecule has 2 aromatic rings. The maximum atomic E-state index is 10.2. The molecule has 2 unspecified atom stereocenters. The lowest BCUT2D eigenvalue weighted by molar-refractivity contribution is 0.158. The van der Waals surface area contributed by atoms with Crippen LogP contribution in [0.25, 0.3) is 0 Å². The first-order valence-corrected chi connectivity index (χ1v) is 9.77. The van der Waals surface area contributed by atoms with Gasteiger partial charge in [0.1, 0.15) is 11.9 Å². The molecule has 1 aromatic heterocycles. The van der Waals surface area contributed by atoms with E-state index >= 15 is 0 Å². The van der Waals surface area contributed by atoms with Crippen LogP contribution in [0, 0.1) is 0 Å². The van der Waals surface area contributed by atoms with Crippen LogP contribution >= 0.6 is 24.0 Å². The summed E-state index contributed by atoms with van der Waals surface area (Å²) in [6.07, 6.45) is 3.13. The zero-order valence-corrected chi connectivity index (χ0v) is 18.7. The van der Waals surface area contributed by atoms with Gasteiger partial charge in [-0.05, 0) is 44.0 Å². The first kappa shape index (κ1) is 22.7. The molecule has 6 nitrogen and oxygen atoms in total. The van der Waals surface area contributed by atoms with Crippen molar-refractivity contribution in [2.45, 2.75) is 38.5 Å². The van der Waals surface area contributed by atoms with Gasteiger partial charge in [0, 0.05) is 25.7 Å². The van der Waals surface area contributed by atoms with E-state index in [1.165, 1.54) is 12.0 Å². The van der Waals surface area contributed by atoms with E-state index in [4.69, 9.17) is 4.42 Å². The molecule has 7 heteroatoms. The van der Waals surface area contributed by atoms with Crippen LogP contribution in [0.15, 0.2) is 58.1 Å². The number of aliphatic hydroxyl groups excluding tert-OH is 1. The van der Waals surface area contributed by atoms with Crippen molar-refractivity contribution >= 4 is 29.9 Å². The Bertz CT molecular complexity index is 694. The number of hydrogen-bond donors (Lipinski definition) is 3. The molecule has 3 rings (SSSR count). The second-order valence-electron chi connectivity index (χ2n) is 6.96. The van der Waals surface area contributed by atoms with Gasteiger partial charge in [0.2, 0.25) is 0 Å². The zero-order chi connectivity index (χ0) is 18.9. The van der Waals surface area contributed by atoms with E-state index in [0.29, 0.717) is 11.8 Å². The van der Waals surface area contributed by atoms with E-state index in [2.05, 4.69) is 50.9 Å². The van der Waals surface area contributed by atoms with Crippen LogP contribution in [0.2, 0.25) is 0 Å². The van der Waals surface area contributed by atoms with Crippen LogP contribution in [-0.4, -0.2) is 48.2 Å². The van der Waals surface area contributed by atoms with Gasteiger partial charge >= 0.3 is 0 Å². The number of guanidine groups is 1. The zero-order valence-electron chi connectivity index (χ0n) is 16.4. The molecule has 1 fully saturated rings. The van der Waals surface area contributed by atoms with Crippen molar-refractivity contribution in [3.05, 3.63) is 60.1 Å². The van der Waals surface area contributed by atoms with Gasteiger partial charge in [0.15, 0.2) is 5.96 Å². The van der Waals surface area contributed by atoms with Gasteiger partial charge in [0.05, 0.1) is 12.8 Å². The molecule has 3 N–H and O–H groups in total. The lowest BCUT2D eigenvalue weighted by Gasteiger charge is -2.34.